The van der Waals surface area contributed by atoms with Crippen LogP contribution < -0.4 is 5.32 Å². The van der Waals surface area contributed by atoms with Crippen molar-refractivity contribution in [1.82, 2.24) is 5.32 Å². The molecule has 87 valence electrons. The SMILES string of the molecule is [CH2]c1ccccc1CNC(=O)OC(C)(C)C. The molecule has 0 saturated carbocycles. The summed E-state index contributed by atoms with van der Waals surface area (Å²) in [5, 5.41) is 2.70. The largest absolute Gasteiger partial charge is 0.444 e. The van der Waals surface area contributed by atoms with E-state index >= 15 is 0 Å². The van der Waals surface area contributed by atoms with Crippen molar-refractivity contribution in [3.8, 4) is 0 Å². The zero-order valence-corrected chi connectivity index (χ0v) is 10.0. The van der Waals surface area contributed by atoms with Crippen LogP contribution in [-0.4, -0.2) is 11.7 Å². The lowest BCUT2D eigenvalue weighted by atomic mass is 10.1. The molecule has 3 heteroatoms. The van der Waals surface area contributed by atoms with Crippen molar-refractivity contribution in [2.45, 2.75) is 32.9 Å². The van der Waals surface area contributed by atoms with Crippen molar-refractivity contribution in [2.75, 3.05) is 0 Å². The van der Waals surface area contributed by atoms with Gasteiger partial charge in [0.25, 0.3) is 0 Å². The average molecular weight is 220 g/mol. The van der Waals surface area contributed by atoms with E-state index in [2.05, 4.69) is 12.2 Å². The summed E-state index contributed by atoms with van der Waals surface area (Å²) >= 11 is 0. The number of carbonyl (C=O) groups excluding carboxylic acids is 1. The third kappa shape index (κ3) is 4.34. The first-order valence-corrected chi connectivity index (χ1v) is 5.25. The second kappa shape index (κ2) is 5.01. The number of hydrogen-bond donors (Lipinski definition) is 1. The molecule has 0 atom stereocenters. The highest BCUT2D eigenvalue weighted by molar-refractivity contribution is 5.67. The Kier molecular flexibility index (Phi) is 3.93. The summed E-state index contributed by atoms with van der Waals surface area (Å²) < 4.78 is 5.13. The molecule has 0 aliphatic carbocycles. The van der Waals surface area contributed by atoms with Crippen LogP contribution in [0.1, 0.15) is 31.9 Å². The molecular formula is C13H18NO2. The van der Waals surface area contributed by atoms with Crippen molar-refractivity contribution >= 4 is 6.09 Å². The van der Waals surface area contributed by atoms with E-state index < -0.39 is 11.7 Å². The normalized spacial score (nSPS) is 11.0. The minimum Gasteiger partial charge on any atom is -0.444 e. The monoisotopic (exact) mass is 220 g/mol. The van der Waals surface area contributed by atoms with Crippen LogP contribution in [0.2, 0.25) is 0 Å². The Balaban J connectivity index is 2.47. The Morgan fingerprint density at radius 1 is 1.38 bits per heavy atom. The van der Waals surface area contributed by atoms with Gasteiger partial charge < -0.3 is 10.1 Å². The third-order valence-electron chi connectivity index (χ3n) is 1.94. The molecule has 1 radical (unpaired) electrons. The number of benzene rings is 1. The Labute approximate surface area is 96.8 Å². The summed E-state index contributed by atoms with van der Waals surface area (Å²) in [7, 11) is 0. The molecule has 0 spiro atoms. The van der Waals surface area contributed by atoms with Crippen LogP contribution >= 0.6 is 0 Å². The highest BCUT2D eigenvalue weighted by Gasteiger charge is 2.15. The molecule has 1 amide bonds. The molecule has 0 aliphatic rings. The lowest BCUT2D eigenvalue weighted by molar-refractivity contribution is 0.0523. The summed E-state index contributed by atoms with van der Waals surface area (Å²) in [6.45, 7) is 9.83. The van der Waals surface area contributed by atoms with Crippen molar-refractivity contribution in [2.24, 2.45) is 0 Å². The maximum atomic E-state index is 11.4. The molecule has 1 aromatic rings. The van der Waals surface area contributed by atoms with Gasteiger partial charge in [0.2, 0.25) is 0 Å². The van der Waals surface area contributed by atoms with E-state index in [1.54, 1.807) is 0 Å². The maximum absolute atomic E-state index is 11.4. The number of nitrogens with one attached hydrogen (secondary N) is 1. The number of hydrogen-bond acceptors (Lipinski definition) is 2. The van der Waals surface area contributed by atoms with Crippen LogP contribution in [0.3, 0.4) is 0 Å². The van der Waals surface area contributed by atoms with Crippen molar-refractivity contribution in [1.29, 1.82) is 0 Å². The second-order valence-corrected chi connectivity index (χ2v) is 4.62. The Hall–Kier alpha value is -1.51. The fraction of sp³-hybridized carbons (Fsp3) is 0.385. The predicted octanol–water partition coefficient (Wildman–Crippen LogP) is 2.89. The molecule has 0 aromatic heterocycles. The summed E-state index contributed by atoms with van der Waals surface area (Å²) in [6, 6.07) is 7.67. The fourth-order valence-electron chi connectivity index (χ4n) is 1.21. The average Bonchev–Trinajstić information content (AvgIpc) is 2.14. The summed E-state index contributed by atoms with van der Waals surface area (Å²) in [6.07, 6.45) is -0.407. The minimum absolute atomic E-state index is 0.407. The lowest BCUT2D eigenvalue weighted by Gasteiger charge is -2.19. The molecule has 1 rings (SSSR count). The van der Waals surface area contributed by atoms with Gasteiger partial charge in [-0.25, -0.2) is 4.79 Å². The van der Waals surface area contributed by atoms with Gasteiger partial charge in [-0.2, -0.15) is 0 Å². The van der Waals surface area contributed by atoms with Gasteiger partial charge in [-0.1, -0.05) is 24.3 Å². The van der Waals surface area contributed by atoms with E-state index in [1.165, 1.54) is 0 Å². The molecule has 0 unspecified atom stereocenters. The van der Waals surface area contributed by atoms with Crippen LogP contribution in [0, 0.1) is 6.92 Å². The van der Waals surface area contributed by atoms with Gasteiger partial charge in [-0.3, -0.25) is 0 Å². The van der Waals surface area contributed by atoms with E-state index in [0.29, 0.717) is 6.54 Å². The maximum Gasteiger partial charge on any atom is 0.407 e. The van der Waals surface area contributed by atoms with Crippen molar-refractivity contribution in [3.63, 3.8) is 0 Å². The van der Waals surface area contributed by atoms with Crippen LogP contribution in [0.4, 0.5) is 4.79 Å². The van der Waals surface area contributed by atoms with Gasteiger partial charge >= 0.3 is 6.09 Å². The highest BCUT2D eigenvalue weighted by Crippen LogP contribution is 2.08. The summed E-state index contributed by atoms with van der Waals surface area (Å²) in [4.78, 5) is 11.4. The molecule has 0 bridgehead atoms. The van der Waals surface area contributed by atoms with E-state index in [4.69, 9.17) is 4.74 Å². The molecule has 0 saturated heterocycles. The zero-order valence-electron chi connectivity index (χ0n) is 10.0. The van der Waals surface area contributed by atoms with Crippen LogP contribution in [0.25, 0.3) is 0 Å². The topological polar surface area (TPSA) is 38.3 Å². The van der Waals surface area contributed by atoms with E-state index in [0.717, 1.165) is 11.1 Å². The molecule has 0 fully saturated rings. The first-order chi connectivity index (χ1) is 7.38. The quantitative estimate of drug-likeness (QED) is 0.832. The smallest absolute Gasteiger partial charge is 0.407 e. The van der Waals surface area contributed by atoms with Crippen molar-refractivity contribution in [3.05, 3.63) is 42.3 Å². The highest BCUT2D eigenvalue weighted by atomic mass is 16.6. The molecule has 3 nitrogen and oxygen atoms in total. The molecule has 1 N–H and O–H groups in total. The van der Waals surface area contributed by atoms with Crippen LogP contribution in [0.5, 0.6) is 0 Å². The number of carbonyl (C=O) groups is 1. The predicted molar refractivity (Wildman–Crippen MR) is 64.0 cm³/mol. The zero-order chi connectivity index (χ0) is 12.2. The number of alkyl carbamates (subject to hydrolysis) is 1. The van der Waals surface area contributed by atoms with Gasteiger partial charge in [0.15, 0.2) is 0 Å². The van der Waals surface area contributed by atoms with Crippen LogP contribution in [0.15, 0.2) is 24.3 Å². The van der Waals surface area contributed by atoms with E-state index in [1.807, 2.05) is 45.0 Å². The Bertz CT molecular complexity index is 366. The molecule has 0 aliphatic heterocycles. The number of amides is 1. The van der Waals surface area contributed by atoms with Gasteiger partial charge in [-0.15, -0.1) is 0 Å². The first kappa shape index (κ1) is 12.6. The Morgan fingerprint density at radius 3 is 2.56 bits per heavy atom. The van der Waals surface area contributed by atoms with Gasteiger partial charge in [-0.05, 0) is 38.8 Å². The van der Waals surface area contributed by atoms with Gasteiger partial charge in [0, 0.05) is 6.54 Å². The first-order valence-electron chi connectivity index (χ1n) is 5.25. The second-order valence-electron chi connectivity index (χ2n) is 4.62. The van der Waals surface area contributed by atoms with Crippen molar-refractivity contribution < 1.29 is 9.53 Å². The third-order valence-corrected chi connectivity index (χ3v) is 1.94. The number of rotatable bonds is 2. The fourth-order valence-corrected chi connectivity index (χ4v) is 1.21. The summed E-state index contributed by atoms with van der Waals surface area (Å²) in [5.41, 5.74) is 1.44. The van der Waals surface area contributed by atoms with Crippen LogP contribution in [-0.2, 0) is 11.3 Å². The number of ether oxygens (including phenoxy) is 1. The molecule has 16 heavy (non-hydrogen) atoms. The lowest BCUT2D eigenvalue weighted by Crippen LogP contribution is -2.32. The summed E-state index contributed by atoms with van der Waals surface area (Å²) in [5.74, 6) is 0. The molecule has 0 heterocycles. The molecule has 1 aromatic carbocycles. The standard InChI is InChI=1S/C13H18NO2/c1-10-7-5-6-8-11(10)9-14-12(15)16-13(2,3)4/h5-8H,1,9H2,2-4H3,(H,14,15). The molecular weight excluding hydrogens is 202 g/mol. The van der Waals surface area contributed by atoms with Gasteiger partial charge in [0.05, 0.1) is 0 Å². The van der Waals surface area contributed by atoms with Gasteiger partial charge in [0.1, 0.15) is 5.60 Å². The van der Waals surface area contributed by atoms with E-state index in [-0.39, 0.29) is 0 Å². The minimum atomic E-state index is -0.464. The van der Waals surface area contributed by atoms with E-state index in [9.17, 15) is 4.79 Å². The Morgan fingerprint density at radius 2 is 2.00 bits per heavy atom.